The molecule has 0 saturated heterocycles. The molecular formula is C32H39N3O2. The summed E-state index contributed by atoms with van der Waals surface area (Å²) >= 11 is 0. The molecular weight excluding hydrogens is 458 g/mol. The number of rotatable bonds is 11. The molecule has 1 aromatic heterocycles. The van der Waals surface area contributed by atoms with Crippen molar-refractivity contribution >= 4 is 16.9 Å². The second-order valence-electron chi connectivity index (χ2n) is 10.7. The number of hydrogen-bond donors (Lipinski definition) is 1. The molecule has 0 aliphatic heterocycles. The SMILES string of the molecule is Cc1ccc(C(=O)NCCCc2nc3ccccc3n2CCCCOc2ccc(C(C)(C)C)cc2)cc1. The van der Waals surface area contributed by atoms with E-state index in [4.69, 9.17) is 9.72 Å². The molecule has 0 unspecified atom stereocenters. The zero-order valence-electron chi connectivity index (χ0n) is 22.6. The monoisotopic (exact) mass is 497 g/mol. The van der Waals surface area contributed by atoms with Gasteiger partial charge in [0, 0.05) is 25.1 Å². The number of imidazole rings is 1. The minimum absolute atomic E-state index is 0.0263. The number of hydrogen-bond acceptors (Lipinski definition) is 3. The van der Waals surface area contributed by atoms with Crippen molar-refractivity contribution in [1.82, 2.24) is 14.9 Å². The van der Waals surface area contributed by atoms with Crippen molar-refractivity contribution in [2.75, 3.05) is 13.2 Å². The largest absolute Gasteiger partial charge is 0.494 e. The summed E-state index contributed by atoms with van der Waals surface area (Å²) in [5.41, 5.74) is 5.50. The summed E-state index contributed by atoms with van der Waals surface area (Å²) in [6, 6.07) is 24.4. The van der Waals surface area contributed by atoms with Crippen molar-refractivity contribution in [2.24, 2.45) is 0 Å². The number of carbonyl (C=O) groups is 1. The van der Waals surface area contributed by atoms with E-state index in [1.54, 1.807) is 0 Å². The number of nitrogens with one attached hydrogen (secondary N) is 1. The average molecular weight is 498 g/mol. The van der Waals surface area contributed by atoms with Gasteiger partial charge in [-0.05, 0) is 73.6 Å². The summed E-state index contributed by atoms with van der Waals surface area (Å²) < 4.78 is 8.32. The van der Waals surface area contributed by atoms with Crippen LogP contribution in [0.3, 0.4) is 0 Å². The van der Waals surface area contributed by atoms with E-state index in [-0.39, 0.29) is 11.3 Å². The number of aromatic nitrogens is 2. The van der Waals surface area contributed by atoms with E-state index >= 15 is 0 Å². The zero-order chi connectivity index (χ0) is 26.3. The first-order valence-electron chi connectivity index (χ1n) is 13.3. The van der Waals surface area contributed by atoms with Gasteiger partial charge in [-0.15, -0.1) is 0 Å². The van der Waals surface area contributed by atoms with Crippen LogP contribution in [0.1, 0.15) is 67.3 Å². The van der Waals surface area contributed by atoms with Crippen LogP contribution in [0, 0.1) is 6.92 Å². The van der Waals surface area contributed by atoms with Crippen LogP contribution < -0.4 is 10.1 Å². The number of unbranched alkanes of at least 4 members (excludes halogenated alkanes) is 1. The Labute approximate surface area is 220 Å². The van der Waals surface area contributed by atoms with Crippen LogP contribution in [0.25, 0.3) is 11.0 Å². The Morgan fingerprint density at radius 2 is 1.65 bits per heavy atom. The molecule has 0 bridgehead atoms. The summed E-state index contributed by atoms with van der Waals surface area (Å²) in [6.45, 7) is 10.9. The van der Waals surface area contributed by atoms with Gasteiger partial charge in [0.2, 0.25) is 0 Å². The third-order valence-electron chi connectivity index (χ3n) is 6.68. The van der Waals surface area contributed by atoms with Gasteiger partial charge in [-0.25, -0.2) is 4.98 Å². The van der Waals surface area contributed by atoms with Crippen LogP contribution in [0.2, 0.25) is 0 Å². The highest BCUT2D eigenvalue weighted by atomic mass is 16.5. The summed E-state index contributed by atoms with van der Waals surface area (Å²) in [4.78, 5) is 17.3. The molecule has 5 heteroatoms. The summed E-state index contributed by atoms with van der Waals surface area (Å²) in [6.07, 6.45) is 3.64. The number of ether oxygens (including phenoxy) is 1. The average Bonchev–Trinajstić information content (AvgIpc) is 3.24. The Morgan fingerprint density at radius 1 is 0.919 bits per heavy atom. The highest BCUT2D eigenvalue weighted by Crippen LogP contribution is 2.24. The molecule has 0 fully saturated rings. The molecule has 1 N–H and O–H groups in total. The van der Waals surface area contributed by atoms with Gasteiger partial charge in [0.1, 0.15) is 11.6 Å². The van der Waals surface area contributed by atoms with Gasteiger partial charge < -0.3 is 14.6 Å². The van der Waals surface area contributed by atoms with Crippen LogP contribution in [0.15, 0.2) is 72.8 Å². The van der Waals surface area contributed by atoms with Gasteiger partial charge >= 0.3 is 0 Å². The molecule has 1 amide bonds. The van der Waals surface area contributed by atoms with E-state index in [0.717, 1.165) is 54.9 Å². The maximum atomic E-state index is 12.4. The molecule has 5 nitrogen and oxygen atoms in total. The second-order valence-corrected chi connectivity index (χ2v) is 10.7. The Balaban J connectivity index is 1.27. The van der Waals surface area contributed by atoms with Crippen molar-refractivity contribution in [3.8, 4) is 5.75 Å². The lowest BCUT2D eigenvalue weighted by Gasteiger charge is -2.19. The molecule has 0 saturated carbocycles. The van der Waals surface area contributed by atoms with Crippen molar-refractivity contribution < 1.29 is 9.53 Å². The van der Waals surface area contributed by atoms with Crippen LogP contribution in [0.4, 0.5) is 0 Å². The summed E-state index contributed by atoms with van der Waals surface area (Å²) in [7, 11) is 0. The first kappa shape index (κ1) is 26.5. The van der Waals surface area contributed by atoms with Gasteiger partial charge in [-0.3, -0.25) is 4.79 Å². The topological polar surface area (TPSA) is 56.2 Å². The first-order valence-corrected chi connectivity index (χ1v) is 13.3. The molecule has 0 aliphatic rings. The Kier molecular flexibility index (Phi) is 8.65. The fourth-order valence-corrected chi connectivity index (χ4v) is 4.43. The van der Waals surface area contributed by atoms with Crippen LogP contribution in [0.5, 0.6) is 5.75 Å². The maximum Gasteiger partial charge on any atom is 0.251 e. The highest BCUT2D eigenvalue weighted by Gasteiger charge is 2.13. The van der Waals surface area contributed by atoms with E-state index in [0.29, 0.717) is 18.7 Å². The third-order valence-corrected chi connectivity index (χ3v) is 6.68. The highest BCUT2D eigenvalue weighted by molar-refractivity contribution is 5.94. The molecule has 4 aromatic rings. The molecule has 3 aromatic carbocycles. The standard InChI is InChI=1S/C32H39N3O2/c1-24-13-15-25(16-14-24)31(36)33-21-9-12-30-34-28-10-5-6-11-29(28)35(30)22-7-8-23-37-27-19-17-26(18-20-27)32(2,3)4/h5-6,10-11,13-20H,7-9,12,21-23H2,1-4H3,(H,33,36). The summed E-state index contributed by atoms with van der Waals surface area (Å²) in [5.74, 6) is 1.97. The van der Waals surface area contributed by atoms with E-state index in [1.165, 1.54) is 11.1 Å². The Hall–Kier alpha value is -3.60. The summed E-state index contributed by atoms with van der Waals surface area (Å²) in [5, 5.41) is 3.04. The first-order chi connectivity index (χ1) is 17.8. The van der Waals surface area contributed by atoms with Gasteiger partial charge in [-0.2, -0.15) is 0 Å². The van der Waals surface area contributed by atoms with E-state index in [1.807, 2.05) is 37.3 Å². The fourth-order valence-electron chi connectivity index (χ4n) is 4.43. The molecule has 0 spiro atoms. The molecule has 1 heterocycles. The van der Waals surface area contributed by atoms with Gasteiger partial charge in [0.15, 0.2) is 0 Å². The molecule has 0 radical (unpaired) electrons. The zero-order valence-corrected chi connectivity index (χ0v) is 22.6. The molecule has 0 aliphatic carbocycles. The second kappa shape index (κ2) is 12.1. The number of nitrogens with zero attached hydrogens (tertiary/aromatic N) is 2. The molecule has 37 heavy (non-hydrogen) atoms. The van der Waals surface area contributed by atoms with Gasteiger partial charge in [0.05, 0.1) is 17.6 Å². The van der Waals surface area contributed by atoms with Crippen molar-refractivity contribution in [3.05, 3.63) is 95.3 Å². The van der Waals surface area contributed by atoms with Gasteiger partial charge in [-0.1, -0.05) is 62.7 Å². The lowest BCUT2D eigenvalue weighted by atomic mass is 9.87. The van der Waals surface area contributed by atoms with Crippen LogP contribution in [-0.2, 0) is 18.4 Å². The number of benzene rings is 3. The normalized spacial score (nSPS) is 11.6. The van der Waals surface area contributed by atoms with Crippen molar-refractivity contribution in [3.63, 3.8) is 0 Å². The maximum absolute atomic E-state index is 12.4. The third kappa shape index (κ3) is 7.22. The van der Waals surface area contributed by atoms with Crippen molar-refractivity contribution in [2.45, 2.75) is 65.3 Å². The number of amides is 1. The van der Waals surface area contributed by atoms with E-state index in [9.17, 15) is 4.79 Å². The minimum Gasteiger partial charge on any atom is -0.494 e. The quantitative estimate of drug-likeness (QED) is 0.230. The smallest absolute Gasteiger partial charge is 0.251 e. The number of fused-ring (bicyclic) bond motifs is 1. The predicted molar refractivity (Wildman–Crippen MR) is 151 cm³/mol. The van der Waals surface area contributed by atoms with Crippen molar-refractivity contribution in [1.29, 1.82) is 0 Å². The lowest BCUT2D eigenvalue weighted by Crippen LogP contribution is -2.25. The van der Waals surface area contributed by atoms with E-state index in [2.05, 4.69) is 73.1 Å². The lowest BCUT2D eigenvalue weighted by molar-refractivity contribution is 0.0953. The fraction of sp³-hybridized carbons (Fsp3) is 0.375. The molecule has 4 rings (SSSR count). The van der Waals surface area contributed by atoms with Gasteiger partial charge in [0.25, 0.3) is 5.91 Å². The number of carbonyl (C=O) groups excluding carboxylic acids is 1. The minimum atomic E-state index is -0.0263. The van der Waals surface area contributed by atoms with E-state index < -0.39 is 0 Å². The molecule has 194 valence electrons. The Morgan fingerprint density at radius 3 is 2.38 bits per heavy atom. The number of aryl methyl sites for hydroxylation is 3. The predicted octanol–water partition coefficient (Wildman–Crippen LogP) is 6.86. The van der Waals surface area contributed by atoms with Crippen LogP contribution >= 0.6 is 0 Å². The number of para-hydroxylation sites is 2. The Bertz CT molecular complexity index is 1300. The molecule has 0 atom stereocenters. The van der Waals surface area contributed by atoms with Crippen LogP contribution in [-0.4, -0.2) is 28.6 Å².